The predicted molar refractivity (Wildman–Crippen MR) is 45.3 cm³/mol. The molecule has 2 rings (SSSR count). The van der Waals surface area contributed by atoms with Gasteiger partial charge in [0.1, 0.15) is 5.82 Å². The second-order valence-electron chi connectivity index (χ2n) is 3.34. The molecule has 2 nitrogen and oxygen atoms in total. The average molecular weight is 198 g/mol. The Morgan fingerprint density at radius 3 is 2.86 bits per heavy atom. The predicted octanol–water partition coefficient (Wildman–Crippen LogP) is 2.18. The van der Waals surface area contributed by atoms with Crippen LogP contribution in [-0.4, -0.2) is 12.4 Å². The number of benzene rings is 1. The fourth-order valence-corrected chi connectivity index (χ4v) is 1.44. The van der Waals surface area contributed by atoms with Crippen LogP contribution in [-0.2, 0) is 0 Å². The quantitative estimate of drug-likeness (QED) is 0.638. The van der Waals surface area contributed by atoms with Crippen LogP contribution < -0.4 is 4.74 Å². The lowest BCUT2D eigenvalue weighted by Crippen LogP contribution is -2.26. The summed E-state index contributed by atoms with van der Waals surface area (Å²) in [6.45, 7) is 1.81. The van der Waals surface area contributed by atoms with Gasteiger partial charge in [-0.2, -0.15) is 0 Å². The average Bonchev–Trinajstić information content (AvgIpc) is 2.12. The molecule has 0 amide bonds. The lowest BCUT2D eigenvalue weighted by Gasteiger charge is -2.21. The minimum atomic E-state index is -0.819. The highest BCUT2D eigenvalue weighted by Gasteiger charge is 2.28. The fraction of sp³-hybridized carbons (Fsp3) is 0.300. The van der Waals surface area contributed by atoms with Gasteiger partial charge in [0.05, 0.1) is 18.1 Å². The number of hydrogen-bond donors (Lipinski definition) is 0. The number of hydrogen-bond acceptors (Lipinski definition) is 2. The molecule has 1 atom stereocenters. The molecule has 0 bridgehead atoms. The molecule has 0 fully saturated rings. The number of carbonyl (C=O) groups is 1. The van der Waals surface area contributed by atoms with Gasteiger partial charge in [-0.3, -0.25) is 4.79 Å². The zero-order valence-electron chi connectivity index (χ0n) is 7.51. The van der Waals surface area contributed by atoms with E-state index >= 15 is 0 Å². The summed E-state index contributed by atoms with van der Waals surface area (Å²) in [5.74, 6) is -2.32. The maximum atomic E-state index is 13.1. The Morgan fingerprint density at radius 1 is 1.43 bits per heavy atom. The van der Waals surface area contributed by atoms with E-state index < -0.39 is 11.6 Å². The van der Waals surface area contributed by atoms with Gasteiger partial charge in [-0.25, -0.2) is 8.78 Å². The first kappa shape index (κ1) is 9.12. The van der Waals surface area contributed by atoms with Gasteiger partial charge in [-0.05, 0) is 6.07 Å². The van der Waals surface area contributed by atoms with E-state index in [-0.39, 0.29) is 29.6 Å². The van der Waals surface area contributed by atoms with Crippen LogP contribution in [0.1, 0.15) is 17.3 Å². The molecule has 14 heavy (non-hydrogen) atoms. The molecule has 0 saturated heterocycles. The summed E-state index contributed by atoms with van der Waals surface area (Å²) in [6.07, 6.45) is 0. The number of ketones is 1. The Bertz CT molecular complexity index is 401. The van der Waals surface area contributed by atoms with Crippen molar-refractivity contribution in [3.63, 3.8) is 0 Å². The van der Waals surface area contributed by atoms with Crippen molar-refractivity contribution in [2.24, 2.45) is 5.92 Å². The van der Waals surface area contributed by atoms with Gasteiger partial charge >= 0.3 is 0 Å². The highest BCUT2D eigenvalue weighted by molar-refractivity contribution is 6.01. The summed E-state index contributed by atoms with van der Waals surface area (Å²) < 4.78 is 31.0. The van der Waals surface area contributed by atoms with E-state index in [4.69, 9.17) is 4.74 Å². The van der Waals surface area contributed by atoms with Gasteiger partial charge < -0.3 is 4.74 Å². The minimum absolute atomic E-state index is 0.00116. The molecule has 1 aromatic rings. The highest BCUT2D eigenvalue weighted by Crippen LogP contribution is 2.30. The molecule has 0 radical (unpaired) electrons. The van der Waals surface area contributed by atoms with Gasteiger partial charge in [-0.1, -0.05) is 6.92 Å². The molecule has 0 saturated carbocycles. The van der Waals surface area contributed by atoms with Crippen molar-refractivity contribution < 1.29 is 18.3 Å². The van der Waals surface area contributed by atoms with Crippen molar-refractivity contribution >= 4 is 5.78 Å². The van der Waals surface area contributed by atoms with E-state index in [0.29, 0.717) is 6.07 Å². The molecule has 1 aliphatic heterocycles. The van der Waals surface area contributed by atoms with Crippen molar-refractivity contribution in [1.29, 1.82) is 0 Å². The Balaban J connectivity index is 2.60. The molecular formula is C10H8F2O2. The Morgan fingerprint density at radius 2 is 2.14 bits per heavy atom. The minimum Gasteiger partial charge on any atom is -0.489 e. The summed E-state index contributed by atoms with van der Waals surface area (Å²) in [4.78, 5) is 11.5. The topological polar surface area (TPSA) is 26.3 Å². The summed E-state index contributed by atoms with van der Waals surface area (Å²) in [5, 5.41) is 0. The lowest BCUT2D eigenvalue weighted by atomic mass is 9.96. The summed E-state index contributed by atoms with van der Waals surface area (Å²) >= 11 is 0. The molecule has 0 aliphatic carbocycles. The van der Waals surface area contributed by atoms with E-state index in [1.807, 2.05) is 0 Å². The fourth-order valence-electron chi connectivity index (χ4n) is 1.44. The Labute approximate surface area is 79.5 Å². The second kappa shape index (κ2) is 3.04. The molecule has 0 N–H and O–H groups in total. The van der Waals surface area contributed by atoms with Crippen LogP contribution in [0.3, 0.4) is 0 Å². The molecule has 0 unspecified atom stereocenters. The van der Waals surface area contributed by atoms with Crippen LogP contribution in [0.4, 0.5) is 8.78 Å². The smallest absolute Gasteiger partial charge is 0.173 e. The molecular weight excluding hydrogens is 190 g/mol. The molecule has 1 heterocycles. The molecule has 4 heteroatoms. The highest BCUT2D eigenvalue weighted by atomic mass is 19.1. The van der Waals surface area contributed by atoms with Crippen molar-refractivity contribution in [3.05, 3.63) is 29.3 Å². The third-order valence-corrected chi connectivity index (χ3v) is 2.20. The number of ether oxygens (including phenoxy) is 1. The maximum Gasteiger partial charge on any atom is 0.173 e. The number of halogens is 2. The second-order valence-corrected chi connectivity index (χ2v) is 3.34. The monoisotopic (exact) mass is 198 g/mol. The van der Waals surface area contributed by atoms with Crippen LogP contribution in [0.15, 0.2) is 12.1 Å². The zero-order valence-corrected chi connectivity index (χ0v) is 7.51. The summed E-state index contributed by atoms with van der Waals surface area (Å²) in [5.41, 5.74) is 0.00116. The third-order valence-electron chi connectivity index (χ3n) is 2.20. The van der Waals surface area contributed by atoms with Gasteiger partial charge in [-0.15, -0.1) is 0 Å². The van der Waals surface area contributed by atoms with Crippen LogP contribution >= 0.6 is 0 Å². The normalized spacial score (nSPS) is 20.2. The van der Waals surface area contributed by atoms with Gasteiger partial charge in [0.25, 0.3) is 0 Å². The van der Waals surface area contributed by atoms with E-state index in [2.05, 4.69) is 0 Å². The molecule has 0 spiro atoms. The van der Waals surface area contributed by atoms with E-state index in [0.717, 1.165) is 6.07 Å². The van der Waals surface area contributed by atoms with Crippen molar-refractivity contribution in [1.82, 2.24) is 0 Å². The number of Topliss-reactive ketones (excluding diaryl/α,β-unsaturated/α-hetero) is 1. The van der Waals surface area contributed by atoms with Crippen LogP contribution in [0.2, 0.25) is 0 Å². The maximum absolute atomic E-state index is 13.1. The molecule has 0 aromatic heterocycles. The molecule has 74 valence electrons. The standard InChI is InChI=1S/C10H8F2O2/c1-5-4-14-10-7(9(5)13)2-6(11)3-8(10)12/h2-3,5H,4H2,1H3/t5-/m0/s1. The summed E-state index contributed by atoms with van der Waals surface area (Å²) in [6, 6.07) is 1.72. The summed E-state index contributed by atoms with van der Waals surface area (Å²) in [7, 11) is 0. The van der Waals surface area contributed by atoms with Crippen LogP contribution in [0.25, 0.3) is 0 Å². The van der Waals surface area contributed by atoms with E-state index in [1.165, 1.54) is 0 Å². The number of rotatable bonds is 0. The Hall–Kier alpha value is -1.45. The van der Waals surface area contributed by atoms with Gasteiger partial charge in [0, 0.05) is 6.07 Å². The Kier molecular flexibility index (Phi) is 1.98. The van der Waals surface area contributed by atoms with Gasteiger partial charge in [0.2, 0.25) is 0 Å². The SMILES string of the molecule is C[C@H]1COc2c(F)cc(F)cc2C1=O. The number of fused-ring (bicyclic) bond motifs is 1. The van der Waals surface area contributed by atoms with Crippen molar-refractivity contribution in [2.75, 3.05) is 6.61 Å². The van der Waals surface area contributed by atoms with Crippen molar-refractivity contribution in [3.8, 4) is 5.75 Å². The first-order valence-corrected chi connectivity index (χ1v) is 4.25. The molecule has 1 aromatic carbocycles. The van der Waals surface area contributed by atoms with Crippen LogP contribution in [0, 0.1) is 17.6 Å². The van der Waals surface area contributed by atoms with Gasteiger partial charge in [0.15, 0.2) is 17.3 Å². The zero-order chi connectivity index (χ0) is 10.3. The van der Waals surface area contributed by atoms with Crippen LogP contribution in [0.5, 0.6) is 5.75 Å². The molecule has 1 aliphatic rings. The van der Waals surface area contributed by atoms with E-state index in [1.54, 1.807) is 6.92 Å². The largest absolute Gasteiger partial charge is 0.489 e. The van der Waals surface area contributed by atoms with Crippen molar-refractivity contribution in [2.45, 2.75) is 6.92 Å². The first-order valence-electron chi connectivity index (χ1n) is 4.25. The third kappa shape index (κ3) is 1.27. The van der Waals surface area contributed by atoms with E-state index in [9.17, 15) is 13.6 Å². The first-order chi connectivity index (χ1) is 6.59. The number of carbonyl (C=O) groups excluding carboxylic acids is 1. The lowest BCUT2D eigenvalue weighted by molar-refractivity contribution is 0.0842.